The van der Waals surface area contributed by atoms with Gasteiger partial charge in [-0.3, -0.25) is 4.79 Å². The standard InChI is InChI=1S/C15H14ClN3O/c16-13-7-11(8-18-14(13)17)15(20)19-12-5-9-3-1-2-4-10(9)6-12/h1-4,7-8,12H,5-6H2,(H2,17,18)(H,19,20). The van der Waals surface area contributed by atoms with Crippen LogP contribution < -0.4 is 11.1 Å². The minimum Gasteiger partial charge on any atom is -0.382 e. The number of fused-ring (bicyclic) bond motifs is 1. The molecule has 1 aromatic heterocycles. The fourth-order valence-electron chi connectivity index (χ4n) is 2.50. The van der Waals surface area contributed by atoms with Crippen molar-refractivity contribution in [3.8, 4) is 0 Å². The number of rotatable bonds is 2. The fraction of sp³-hybridized carbons (Fsp3) is 0.200. The Hall–Kier alpha value is -2.07. The first-order chi connectivity index (χ1) is 9.63. The van der Waals surface area contributed by atoms with Crippen LogP contribution >= 0.6 is 11.6 Å². The van der Waals surface area contributed by atoms with Gasteiger partial charge in [0.15, 0.2) is 0 Å². The van der Waals surface area contributed by atoms with Crippen LogP contribution in [0.15, 0.2) is 36.5 Å². The highest BCUT2D eigenvalue weighted by molar-refractivity contribution is 6.33. The Bertz CT molecular complexity index is 647. The fourth-order valence-corrected chi connectivity index (χ4v) is 2.67. The summed E-state index contributed by atoms with van der Waals surface area (Å²) in [6.07, 6.45) is 3.16. The van der Waals surface area contributed by atoms with Crippen LogP contribution in [-0.2, 0) is 12.8 Å². The molecule has 102 valence electrons. The van der Waals surface area contributed by atoms with Gasteiger partial charge in [-0.05, 0) is 30.0 Å². The predicted octanol–water partition coefficient (Wildman–Crippen LogP) is 2.21. The first-order valence-corrected chi connectivity index (χ1v) is 6.80. The molecule has 0 radical (unpaired) electrons. The summed E-state index contributed by atoms with van der Waals surface area (Å²) in [5, 5.41) is 3.31. The second-order valence-corrected chi connectivity index (χ2v) is 5.35. The van der Waals surface area contributed by atoms with E-state index in [4.69, 9.17) is 17.3 Å². The molecular weight excluding hydrogens is 274 g/mol. The summed E-state index contributed by atoms with van der Waals surface area (Å²) in [4.78, 5) is 16.1. The summed E-state index contributed by atoms with van der Waals surface area (Å²) in [5.74, 6) is 0.0636. The average molecular weight is 288 g/mol. The van der Waals surface area contributed by atoms with Crippen molar-refractivity contribution in [3.05, 3.63) is 58.2 Å². The summed E-state index contributed by atoms with van der Waals surface area (Å²) in [5.41, 5.74) is 8.56. The van der Waals surface area contributed by atoms with E-state index in [1.807, 2.05) is 12.1 Å². The lowest BCUT2D eigenvalue weighted by Gasteiger charge is -2.12. The van der Waals surface area contributed by atoms with Gasteiger partial charge in [-0.25, -0.2) is 4.98 Å². The molecule has 0 fully saturated rings. The van der Waals surface area contributed by atoms with E-state index in [1.54, 1.807) is 6.07 Å². The van der Waals surface area contributed by atoms with Crippen molar-refractivity contribution in [3.63, 3.8) is 0 Å². The number of nitrogens with zero attached hydrogens (tertiary/aromatic N) is 1. The van der Waals surface area contributed by atoms with Crippen LogP contribution in [0.5, 0.6) is 0 Å². The highest BCUT2D eigenvalue weighted by atomic mass is 35.5. The molecule has 5 heteroatoms. The van der Waals surface area contributed by atoms with Gasteiger partial charge in [-0.1, -0.05) is 35.9 Å². The van der Waals surface area contributed by atoms with Gasteiger partial charge in [-0.15, -0.1) is 0 Å². The number of hydrogen-bond acceptors (Lipinski definition) is 3. The number of halogens is 1. The molecule has 0 bridgehead atoms. The number of benzene rings is 1. The van der Waals surface area contributed by atoms with Gasteiger partial charge < -0.3 is 11.1 Å². The maximum absolute atomic E-state index is 12.2. The minimum absolute atomic E-state index is 0.122. The van der Waals surface area contributed by atoms with Crippen LogP contribution in [0, 0.1) is 0 Å². The zero-order valence-corrected chi connectivity index (χ0v) is 11.5. The normalized spacial score (nSPS) is 14.1. The van der Waals surface area contributed by atoms with Crippen molar-refractivity contribution in [1.29, 1.82) is 0 Å². The van der Waals surface area contributed by atoms with E-state index < -0.39 is 0 Å². The third-order valence-electron chi connectivity index (χ3n) is 3.52. The predicted molar refractivity (Wildman–Crippen MR) is 78.8 cm³/mol. The number of nitrogens with two attached hydrogens (primary N) is 1. The topological polar surface area (TPSA) is 68.0 Å². The molecule has 0 spiro atoms. The zero-order valence-electron chi connectivity index (χ0n) is 10.8. The van der Waals surface area contributed by atoms with Gasteiger partial charge in [0.1, 0.15) is 5.82 Å². The second-order valence-electron chi connectivity index (χ2n) is 4.94. The molecule has 1 amide bonds. The van der Waals surface area contributed by atoms with Crippen LogP contribution in [-0.4, -0.2) is 16.9 Å². The van der Waals surface area contributed by atoms with Crippen molar-refractivity contribution < 1.29 is 4.79 Å². The van der Waals surface area contributed by atoms with Crippen LogP contribution in [0.25, 0.3) is 0 Å². The van der Waals surface area contributed by atoms with Crippen molar-refractivity contribution in [1.82, 2.24) is 10.3 Å². The van der Waals surface area contributed by atoms with Crippen molar-refractivity contribution in [2.24, 2.45) is 0 Å². The number of pyridine rings is 1. The Morgan fingerprint density at radius 1 is 1.30 bits per heavy atom. The largest absolute Gasteiger partial charge is 0.382 e. The lowest BCUT2D eigenvalue weighted by atomic mass is 10.1. The molecule has 4 nitrogen and oxygen atoms in total. The lowest BCUT2D eigenvalue weighted by Crippen LogP contribution is -2.35. The SMILES string of the molecule is Nc1ncc(C(=O)NC2Cc3ccccc3C2)cc1Cl. The van der Waals surface area contributed by atoms with Crippen LogP contribution in [0.3, 0.4) is 0 Å². The number of aromatic nitrogens is 1. The first-order valence-electron chi connectivity index (χ1n) is 6.42. The number of carbonyl (C=O) groups excluding carboxylic acids is 1. The Kier molecular flexibility index (Phi) is 3.32. The zero-order chi connectivity index (χ0) is 14.1. The maximum atomic E-state index is 12.2. The molecule has 0 saturated heterocycles. The highest BCUT2D eigenvalue weighted by Crippen LogP contribution is 2.22. The summed E-state index contributed by atoms with van der Waals surface area (Å²) >= 11 is 5.88. The third kappa shape index (κ3) is 2.47. The molecule has 1 aromatic carbocycles. The summed E-state index contributed by atoms with van der Waals surface area (Å²) in [6.45, 7) is 0. The number of amides is 1. The van der Waals surface area contributed by atoms with Crippen molar-refractivity contribution in [2.75, 3.05) is 5.73 Å². The molecule has 0 saturated carbocycles. The van der Waals surface area contributed by atoms with Gasteiger partial charge in [0, 0.05) is 12.2 Å². The van der Waals surface area contributed by atoms with E-state index in [2.05, 4.69) is 22.4 Å². The Labute approximate surface area is 122 Å². The molecule has 20 heavy (non-hydrogen) atoms. The molecule has 1 aliphatic carbocycles. The van der Waals surface area contributed by atoms with E-state index in [9.17, 15) is 4.79 Å². The smallest absolute Gasteiger partial charge is 0.253 e. The Balaban J connectivity index is 1.70. The van der Waals surface area contributed by atoms with E-state index in [0.717, 1.165) is 12.8 Å². The Morgan fingerprint density at radius 2 is 1.95 bits per heavy atom. The number of nitrogens with one attached hydrogen (secondary N) is 1. The number of hydrogen-bond donors (Lipinski definition) is 2. The molecule has 3 N–H and O–H groups in total. The van der Waals surface area contributed by atoms with Crippen molar-refractivity contribution in [2.45, 2.75) is 18.9 Å². The van der Waals surface area contributed by atoms with E-state index in [1.165, 1.54) is 17.3 Å². The van der Waals surface area contributed by atoms with E-state index in [0.29, 0.717) is 10.6 Å². The quantitative estimate of drug-likeness (QED) is 0.890. The molecule has 3 rings (SSSR count). The van der Waals surface area contributed by atoms with E-state index in [-0.39, 0.29) is 17.8 Å². The second kappa shape index (κ2) is 5.13. The molecule has 1 heterocycles. The van der Waals surface area contributed by atoms with Gasteiger partial charge in [-0.2, -0.15) is 0 Å². The van der Waals surface area contributed by atoms with Crippen LogP contribution in [0.2, 0.25) is 5.02 Å². The van der Waals surface area contributed by atoms with Gasteiger partial charge in [0.25, 0.3) is 5.91 Å². The summed E-state index contributed by atoms with van der Waals surface area (Å²) < 4.78 is 0. The molecule has 2 aromatic rings. The van der Waals surface area contributed by atoms with Gasteiger partial charge >= 0.3 is 0 Å². The molecule has 0 aliphatic heterocycles. The summed E-state index contributed by atoms with van der Waals surface area (Å²) in [6, 6.07) is 9.91. The molecular formula is C15H14ClN3O. The van der Waals surface area contributed by atoms with Crippen LogP contribution in [0.4, 0.5) is 5.82 Å². The number of anilines is 1. The monoisotopic (exact) mass is 287 g/mol. The summed E-state index contributed by atoms with van der Waals surface area (Å²) in [7, 11) is 0. The van der Waals surface area contributed by atoms with Crippen molar-refractivity contribution >= 4 is 23.3 Å². The molecule has 0 unspecified atom stereocenters. The van der Waals surface area contributed by atoms with Crippen LogP contribution in [0.1, 0.15) is 21.5 Å². The Morgan fingerprint density at radius 3 is 2.55 bits per heavy atom. The van der Waals surface area contributed by atoms with Gasteiger partial charge in [0.05, 0.1) is 10.6 Å². The number of nitrogen functional groups attached to an aromatic ring is 1. The highest BCUT2D eigenvalue weighted by Gasteiger charge is 2.23. The maximum Gasteiger partial charge on any atom is 0.253 e. The number of carbonyl (C=O) groups is 1. The molecule has 1 aliphatic rings. The molecule has 0 atom stereocenters. The minimum atomic E-state index is -0.169. The third-order valence-corrected chi connectivity index (χ3v) is 3.82. The first kappa shape index (κ1) is 12.9. The van der Waals surface area contributed by atoms with Gasteiger partial charge in [0.2, 0.25) is 0 Å². The average Bonchev–Trinajstić information content (AvgIpc) is 2.83. The van der Waals surface area contributed by atoms with E-state index >= 15 is 0 Å². The lowest BCUT2D eigenvalue weighted by molar-refractivity contribution is 0.0938.